The van der Waals surface area contributed by atoms with Crippen molar-refractivity contribution >= 4 is 28.7 Å². The maximum Gasteiger partial charge on any atom is 0.305 e. The number of rotatable bonds is 6. The molecule has 0 fully saturated rings. The molecular formula is C21H16F4N2O5. The van der Waals surface area contributed by atoms with Crippen LogP contribution < -0.4 is 5.32 Å². The van der Waals surface area contributed by atoms with Gasteiger partial charge in [-0.15, -0.1) is 0 Å². The molecule has 1 amide bonds. The standard InChI is InChI=1S/C21H16F4N2O5/c1-9-11(7-16(28)26-5-4-17(29)30)18-15(8-14(24)20(31)19(18)25)27(9)21(32)10-2-3-12(22)13(23)6-10/h2-3,6,8,31H,4-5,7H2,1H3,(H,26,28)(H,29,30). The number of nitrogens with one attached hydrogen (secondary N) is 1. The van der Waals surface area contributed by atoms with E-state index in [-0.39, 0.29) is 35.3 Å². The molecule has 0 aliphatic heterocycles. The van der Waals surface area contributed by atoms with Crippen molar-refractivity contribution in [3.05, 3.63) is 64.4 Å². The SMILES string of the molecule is Cc1c(CC(=O)NCCC(=O)O)c2c(F)c(O)c(F)cc2n1C(=O)c1ccc(F)c(F)c1. The highest BCUT2D eigenvalue weighted by Crippen LogP contribution is 2.35. The molecular weight excluding hydrogens is 436 g/mol. The normalized spacial score (nSPS) is 11.0. The van der Waals surface area contributed by atoms with Crippen LogP contribution in [0.5, 0.6) is 5.75 Å². The van der Waals surface area contributed by atoms with Crippen LogP contribution in [0.4, 0.5) is 17.6 Å². The van der Waals surface area contributed by atoms with Crippen LogP contribution in [0.2, 0.25) is 0 Å². The average Bonchev–Trinajstić information content (AvgIpc) is 2.98. The van der Waals surface area contributed by atoms with Gasteiger partial charge in [-0.3, -0.25) is 19.0 Å². The van der Waals surface area contributed by atoms with Crippen LogP contribution in [0.3, 0.4) is 0 Å². The van der Waals surface area contributed by atoms with E-state index < -0.39 is 58.6 Å². The van der Waals surface area contributed by atoms with E-state index in [1.54, 1.807) is 0 Å². The lowest BCUT2D eigenvalue weighted by Gasteiger charge is -2.08. The minimum absolute atomic E-state index is 0.00739. The number of phenols is 1. The van der Waals surface area contributed by atoms with E-state index in [4.69, 9.17) is 5.11 Å². The molecule has 0 bridgehead atoms. The van der Waals surface area contributed by atoms with Gasteiger partial charge in [-0.2, -0.15) is 0 Å². The van der Waals surface area contributed by atoms with Gasteiger partial charge in [0.1, 0.15) is 0 Å². The highest BCUT2D eigenvalue weighted by Gasteiger charge is 2.27. The second-order valence-corrected chi connectivity index (χ2v) is 6.92. The fourth-order valence-corrected chi connectivity index (χ4v) is 3.32. The highest BCUT2D eigenvalue weighted by molar-refractivity contribution is 6.05. The Morgan fingerprint density at radius 3 is 2.34 bits per heavy atom. The van der Waals surface area contributed by atoms with Crippen molar-refractivity contribution in [3.63, 3.8) is 0 Å². The number of aromatic nitrogens is 1. The molecule has 0 unspecified atom stereocenters. The highest BCUT2D eigenvalue weighted by atomic mass is 19.2. The number of carboxylic acids is 1. The number of carbonyl (C=O) groups excluding carboxylic acids is 2. The van der Waals surface area contributed by atoms with E-state index in [1.165, 1.54) is 6.92 Å². The predicted molar refractivity (Wildman–Crippen MR) is 103 cm³/mol. The Kier molecular flexibility index (Phi) is 6.19. The molecule has 0 atom stereocenters. The van der Waals surface area contributed by atoms with Crippen LogP contribution in [0, 0.1) is 30.2 Å². The Morgan fingerprint density at radius 2 is 1.72 bits per heavy atom. The molecule has 0 spiro atoms. The number of carbonyl (C=O) groups is 3. The zero-order chi connectivity index (χ0) is 23.7. The summed E-state index contributed by atoms with van der Waals surface area (Å²) in [5.41, 5.74) is -0.739. The summed E-state index contributed by atoms with van der Waals surface area (Å²) < 4.78 is 56.5. The lowest BCUT2D eigenvalue weighted by molar-refractivity contribution is -0.136. The van der Waals surface area contributed by atoms with E-state index >= 15 is 0 Å². The van der Waals surface area contributed by atoms with Crippen LogP contribution in [-0.2, 0) is 16.0 Å². The molecule has 1 aromatic heterocycles. The monoisotopic (exact) mass is 452 g/mol. The molecule has 3 rings (SSSR count). The molecule has 0 saturated heterocycles. The maximum absolute atomic E-state index is 14.8. The summed E-state index contributed by atoms with van der Waals surface area (Å²) in [7, 11) is 0. The molecule has 0 aliphatic rings. The third-order valence-electron chi connectivity index (χ3n) is 4.86. The van der Waals surface area contributed by atoms with Crippen molar-refractivity contribution in [1.29, 1.82) is 0 Å². The lowest BCUT2D eigenvalue weighted by Crippen LogP contribution is -2.27. The number of phenolic OH excluding ortho intramolecular Hbond substituents is 1. The number of hydrogen-bond acceptors (Lipinski definition) is 4. The summed E-state index contributed by atoms with van der Waals surface area (Å²) >= 11 is 0. The zero-order valence-electron chi connectivity index (χ0n) is 16.5. The molecule has 2 aromatic carbocycles. The predicted octanol–water partition coefficient (Wildman–Crippen LogP) is 3.03. The van der Waals surface area contributed by atoms with Crippen molar-refractivity contribution in [2.24, 2.45) is 0 Å². The molecule has 1 heterocycles. The van der Waals surface area contributed by atoms with E-state index in [0.717, 1.165) is 10.6 Å². The first-order chi connectivity index (χ1) is 15.0. The van der Waals surface area contributed by atoms with Crippen molar-refractivity contribution in [2.75, 3.05) is 6.54 Å². The Morgan fingerprint density at radius 1 is 1.03 bits per heavy atom. The fourth-order valence-electron chi connectivity index (χ4n) is 3.32. The number of halogens is 4. The van der Waals surface area contributed by atoms with Crippen molar-refractivity contribution in [2.45, 2.75) is 19.8 Å². The summed E-state index contributed by atoms with van der Waals surface area (Å²) in [6.45, 7) is 1.12. The molecule has 7 nitrogen and oxygen atoms in total. The van der Waals surface area contributed by atoms with Gasteiger partial charge in [0.05, 0.1) is 18.4 Å². The Bertz CT molecular complexity index is 1270. The number of hydrogen-bond donors (Lipinski definition) is 3. The number of aliphatic carboxylic acids is 1. The lowest BCUT2D eigenvalue weighted by atomic mass is 10.1. The van der Waals surface area contributed by atoms with Gasteiger partial charge in [0.15, 0.2) is 29.0 Å². The summed E-state index contributed by atoms with van der Waals surface area (Å²) in [4.78, 5) is 35.8. The Hall–Kier alpha value is -3.89. The topological polar surface area (TPSA) is 109 Å². The van der Waals surface area contributed by atoms with Gasteiger partial charge in [0.2, 0.25) is 5.91 Å². The summed E-state index contributed by atoms with van der Waals surface area (Å²) in [6.07, 6.45) is -0.885. The Labute approximate surface area is 177 Å². The first-order valence-electron chi connectivity index (χ1n) is 9.22. The maximum atomic E-state index is 14.8. The minimum atomic E-state index is -1.41. The summed E-state index contributed by atoms with van der Waals surface area (Å²) in [5.74, 6) is -9.42. The molecule has 0 radical (unpaired) electrons. The number of nitrogens with zero attached hydrogens (tertiary/aromatic N) is 1. The minimum Gasteiger partial charge on any atom is -0.503 e. The smallest absolute Gasteiger partial charge is 0.305 e. The molecule has 32 heavy (non-hydrogen) atoms. The van der Waals surface area contributed by atoms with Crippen molar-refractivity contribution in [3.8, 4) is 5.75 Å². The van der Waals surface area contributed by atoms with Gasteiger partial charge in [0, 0.05) is 29.3 Å². The van der Waals surface area contributed by atoms with E-state index in [2.05, 4.69) is 5.32 Å². The van der Waals surface area contributed by atoms with E-state index in [0.29, 0.717) is 18.2 Å². The molecule has 11 heteroatoms. The number of benzene rings is 2. The first kappa shape index (κ1) is 22.8. The van der Waals surface area contributed by atoms with Gasteiger partial charge in [-0.25, -0.2) is 17.6 Å². The summed E-state index contributed by atoms with van der Waals surface area (Å²) in [5, 5.41) is 20.2. The third-order valence-corrected chi connectivity index (χ3v) is 4.86. The number of amides is 1. The number of carboxylic acid groups (broad SMARTS) is 1. The molecule has 3 aromatic rings. The van der Waals surface area contributed by atoms with Gasteiger partial charge in [-0.05, 0) is 30.7 Å². The largest absolute Gasteiger partial charge is 0.503 e. The van der Waals surface area contributed by atoms with Gasteiger partial charge in [-0.1, -0.05) is 0 Å². The molecule has 0 aliphatic carbocycles. The van der Waals surface area contributed by atoms with Crippen LogP contribution in [0.15, 0.2) is 24.3 Å². The summed E-state index contributed by atoms with van der Waals surface area (Å²) in [6, 6.07) is 3.00. The number of fused-ring (bicyclic) bond motifs is 1. The van der Waals surface area contributed by atoms with E-state index in [1.807, 2.05) is 0 Å². The van der Waals surface area contributed by atoms with Crippen molar-refractivity contribution < 1.29 is 42.2 Å². The van der Waals surface area contributed by atoms with Crippen molar-refractivity contribution in [1.82, 2.24) is 9.88 Å². The second-order valence-electron chi connectivity index (χ2n) is 6.92. The second kappa shape index (κ2) is 8.69. The van der Waals surface area contributed by atoms with Gasteiger partial charge < -0.3 is 15.5 Å². The molecule has 0 saturated carbocycles. The van der Waals surface area contributed by atoms with Crippen LogP contribution in [0.1, 0.15) is 28.0 Å². The van der Waals surface area contributed by atoms with Crippen LogP contribution in [-0.4, -0.2) is 39.1 Å². The average molecular weight is 452 g/mol. The third kappa shape index (κ3) is 4.13. The van der Waals surface area contributed by atoms with Crippen LogP contribution in [0.25, 0.3) is 10.9 Å². The first-order valence-corrected chi connectivity index (χ1v) is 9.22. The fraction of sp³-hybridized carbons (Fsp3) is 0.190. The zero-order valence-corrected chi connectivity index (χ0v) is 16.5. The Balaban J connectivity index is 2.14. The molecule has 3 N–H and O–H groups in total. The van der Waals surface area contributed by atoms with Gasteiger partial charge in [0.25, 0.3) is 5.91 Å². The van der Waals surface area contributed by atoms with Gasteiger partial charge >= 0.3 is 5.97 Å². The van der Waals surface area contributed by atoms with E-state index in [9.17, 15) is 37.1 Å². The number of aromatic hydroxyl groups is 1. The van der Waals surface area contributed by atoms with Crippen LogP contribution >= 0.6 is 0 Å². The molecule has 168 valence electrons. The quantitative estimate of drug-likeness (QED) is 0.499.